The molecule has 0 radical (unpaired) electrons. The number of carbonyl (C=O) groups excluding carboxylic acids is 4. The van der Waals surface area contributed by atoms with Crippen molar-refractivity contribution >= 4 is 24.0 Å². The summed E-state index contributed by atoms with van der Waals surface area (Å²) in [4.78, 5) is 47.0. The second-order valence-corrected chi connectivity index (χ2v) is 7.80. The predicted octanol–water partition coefficient (Wildman–Crippen LogP) is 3.07. The third kappa shape index (κ3) is 11.6. The number of rotatable bonds is 10. The van der Waals surface area contributed by atoms with Gasteiger partial charge >= 0.3 is 24.0 Å². The number of hydrogen-bond donors (Lipinski definition) is 1. The maximum Gasteiger partial charge on any atom is 0.408 e. The molecule has 9 nitrogen and oxygen atoms in total. The van der Waals surface area contributed by atoms with Crippen LogP contribution in [-0.4, -0.2) is 48.9 Å². The van der Waals surface area contributed by atoms with Gasteiger partial charge in [-0.2, -0.15) is 0 Å². The Morgan fingerprint density at radius 1 is 0.968 bits per heavy atom. The van der Waals surface area contributed by atoms with E-state index in [1.165, 1.54) is 6.92 Å². The average molecular weight is 437 g/mol. The van der Waals surface area contributed by atoms with Crippen LogP contribution in [0.5, 0.6) is 0 Å². The van der Waals surface area contributed by atoms with Crippen LogP contribution in [-0.2, 0) is 33.3 Å². The molecule has 1 N–H and O–H groups in total. The fourth-order valence-electron chi connectivity index (χ4n) is 2.30. The second kappa shape index (κ2) is 12.6. The topological polar surface area (TPSA) is 117 Å². The number of nitrogens with one attached hydrogen (secondary N) is 1. The zero-order chi connectivity index (χ0) is 23.4. The number of amides is 1. The van der Waals surface area contributed by atoms with Crippen LogP contribution in [0.15, 0.2) is 30.3 Å². The molecule has 0 aliphatic carbocycles. The van der Waals surface area contributed by atoms with Gasteiger partial charge in [0.2, 0.25) is 0 Å². The third-order valence-electron chi connectivity index (χ3n) is 3.76. The Kier molecular flexibility index (Phi) is 10.5. The van der Waals surface area contributed by atoms with Gasteiger partial charge < -0.3 is 24.3 Å². The van der Waals surface area contributed by atoms with Crippen molar-refractivity contribution in [2.75, 3.05) is 13.2 Å². The summed E-state index contributed by atoms with van der Waals surface area (Å²) in [7, 11) is 0. The van der Waals surface area contributed by atoms with Crippen LogP contribution >= 0.6 is 0 Å². The van der Waals surface area contributed by atoms with E-state index in [1.54, 1.807) is 27.7 Å². The van der Waals surface area contributed by atoms with Crippen molar-refractivity contribution in [3.63, 3.8) is 0 Å². The summed E-state index contributed by atoms with van der Waals surface area (Å²) in [6.45, 7) is 7.72. The van der Waals surface area contributed by atoms with Crippen molar-refractivity contribution in [1.82, 2.24) is 5.32 Å². The molecule has 1 rings (SSSR count). The first-order valence-corrected chi connectivity index (χ1v) is 10.1. The van der Waals surface area contributed by atoms with E-state index in [9.17, 15) is 19.2 Å². The molecule has 0 aliphatic rings. The van der Waals surface area contributed by atoms with Crippen molar-refractivity contribution in [3.05, 3.63) is 35.9 Å². The van der Waals surface area contributed by atoms with E-state index in [0.717, 1.165) is 5.56 Å². The molecule has 31 heavy (non-hydrogen) atoms. The van der Waals surface area contributed by atoms with E-state index in [-0.39, 0.29) is 25.6 Å². The molecule has 1 aromatic rings. The number of benzene rings is 1. The van der Waals surface area contributed by atoms with Crippen LogP contribution in [0.3, 0.4) is 0 Å². The van der Waals surface area contributed by atoms with Crippen LogP contribution in [0.2, 0.25) is 0 Å². The second-order valence-electron chi connectivity index (χ2n) is 7.80. The lowest BCUT2D eigenvalue weighted by Crippen LogP contribution is -2.37. The number of ether oxygens (including phenoxy) is 4. The quantitative estimate of drug-likeness (QED) is 0.337. The molecule has 172 valence electrons. The Morgan fingerprint density at radius 3 is 2.23 bits per heavy atom. The van der Waals surface area contributed by atoms with Gasteiger partial charge in [0.1, 0.15) is 18.2 Å². The number of carbonyl (C=O) groups is 4. The number of hydrogen-bond acceptors (Lipinski definition) is 8. The van der Waals surface area contributed by atoms with E-state index in [0.29, 0.717) is 0 Å². The highest BCUT2D eigenvalue weighted by Crippen LogP contribution is 2.17. The van der Waals surface area contributed by atoms with Crippen molar-refractivity contribution in [2.24, 2.45) is 0 Å². The summed E-state index contributed by atoms with van der Waals surface area (Å²) >= 11 is 0. The SMILES string of the molecule is CC(OC(=O)CNC(=O)OC(C)(C)C)C(=O)OCCCC(=O)O[C@H](C)c1ccccc1. The Morgan fingerprint density at radius 2 is 1.61 bits per heavy atom. The highest BCUT2D eigenvalue weighted by molar-refractivity contribution is 5.82. The zero-order valence-electron chi connectivity index (χ0n) is 18.6. The molecule has 1 unspecified atom stereocenters. The molecular formula is C22H31NO8. The van der Waals surface area contributed by atoms with Gasteiger partial charge in [-0.15, -0.1) is 0 Å². The van der Waals surface area contributed by atoms with Crippen LogP contribution in [0.4, 0.5) is 4.79 Å². The van der Waals surface area contributed by atoms with Crippen LogP contribution < -0.4 is 5.32 Å². The first-order valence-electron chi connectivity index (χ1n) is 10.1. The van der Waals surface area contributed by atoms with Crippen LogP contribution in [0, 0.1) is 0 Å². The smallest absolute Gasteiger partial charge is 0.408 e. The molecule has 0 saturated heterocycles. The zero-order valence-corrected chi connectivity index (χ0v) is 18.6. The Labute approximate surface area is 182 Å². The molecular weight excluding hydrogens is 406 g/mol. The Bertz CT molecular complexity index is 742. The van der Waals surface area contributed by atoms with E-state index < -0.39 is 42.3 Å². The fraction of sp³-hybridized carbons (Fsp3) is 0.545. The van der Waals surface area contributed by atoms with Crippen molar-refractivity contribution in [2.45, 2.75) is 65.3 Å². The van der Waals surface area contributed by atoms with E-state index in [1.807, 2.05) is 30.3 Å². The first-order chi connectivity index (χ1) is 14.5. The largest absolute Gasteiger partial charge is 0.463 e. The minimum absolute atomic E-state index is 0.0221. The van der Waals surface area contributed by atoms with Gasteiger partial charge in [0.15, 0.2) is 6.10 Å². The van der Waals surface area contributed by atoms with E-state index in [4.69, 9.17) is 18.9 Å². The number of esters is 3. The standard InChI is InChI=1S/C22H31NO8/c1-15(17-10-7-6-8-11-17)29-18(24)12-9-13-28-20(26)16(2)30-19(25)14-23-21(27)31-22(3,4)5/h6-8,10-11,15-16H,9,12-14H2,1-5H3,(H,23,27)/t15-,16?/m1/s1. The monoisotopic (exact) mass is 437 g/mol. The molecule has 2 atom stereocenters. The lowest BCUT2D eigenvalue weighted by atomic mass is 10.1. The summed E-state index contributed by atoms with van der Waals surface area (Å²) in [5, 5.41) is 2.24. The van der Waals surface area contributed by atoms with Gasteiger partial charge in [-0.05, 0) is 46.6 Å². The first kappa shape index (κ1) is 25.9. The maximum atomic E-state index is 11.9. The average Bonchev–Trinajstić information content (AvgIpc) is 2.68. The Hall–Kier alpha value is -3.10. The minimum Gasteiger partial charge on any atom is -0.463 e. The van der Waals surface area contributed by atoms with Gasteiger partial charge in [-0.25, -0.2) is 9.59 Å². The summed E-state index contributed by atoms with van der Waals surface area (Å²) in [5.41, 5.74) is 0.191. The Balaban J connectivity index is 2.21. The molecule has 0 saturated carbocycles. The van der Waals surface area contributed by atoms with Gasteiger partial charge in [0, 0.05) is 6.42 Å². The van der Waals surface area contributed by atoms with Gasteiger partial charge in [-0.1, -0.05) is 30.3 Å². The molecule has 0 aromatic heterocycles. The number of alkyl carbamates (subject to hydrolysis) is 1. The summed E-state index contributed by atoms with van der Waals surface area (Å²) in [6, 6.07) is 9.33. The normalized spacial score (nSPS) is 12.8. The summed E-state index contributed by atoms with van der Waals surface area (Å²) in [5.74, 6) is -1.97. The molecule has 0 aliphatic heterocycles. The highest BCUT2D eigenvalue weighted by atomic mass is 16.6. The van der Waals surface area contributed by atoms with Gasteiger partial charge in [-0.3, -0.25) is 9.59 Å². The molecule has 1 amide bonds. The third-order valence-corrected chi connectivity index (χ3v) is 3.76. The summed E-state index contributed by atoms with van der Waals surface area (Å²) < 4.78 is 20.2. The van der Waals surface area contributed by atoms with Crippen molar-refractivity contribution < 1.29 is 38.1 Å². The summed E-state index contributed by atoms with van der Waals surface area (Å²) in [6.07, 6.45) is -1.94. The van der Waals surface area contributed by atoms with Gasteiger partial charge in [0.25, 0.3) is 0 Å². The fourth-order valence-corrected chi connectivity index (χ4v) is 2.30. The molecule has 0 bridgehead atoms. The van der Waals surface area contributed by atoms with E-state index in [2.05, 4.69) is 5.32 Å². The molecule has 9 heteroatoms. The minimum atomic E-state index is -1.15. The molecule has 0 heterocycles. The van der Waals surface area contributed by atoms with Crippen molar-refractivity contribution in [1.29, 1.82) is 0 Å². The lowest BCUT2D eigenvalue weighted by molar-refractivity contribution is -0.166. The van der Waals surface area contributed by atoms with Gasteiger partial charge in [0.05, 0.1) is 6.61 Å². The highest BCUT2D eigenvalue weighted by Gasteiger charge is 2.21. The van der Waals surface area contributed by atoms with Crippen molar-refractivity contribution in [3.8, 4) is 0 Å². The van der Waals surface area contributed by atoms with E-state index >= 15 is 0 Å². The molecule has 1 aromatic carbocycles. The molecule has 0 spiro atoms. The predicted molar refractivity (Wildman–Crippen MR) is 111 cm³/mol. The van der Waals surface area contributed by atoms with Crippen LogP contribution in [0.25, 0.3) is 0 Å². The molecule has 0 fully saturated rings. The maximum absolute atomic E-state index is 11.9. The van der Waals surface area contributed by atoms with Crippen LogP contribution in [0.1, 0.15) is 59.1 Å². The lowest BCUT2D eigenvalue weighted by Gasteiger charge is -2.19.